The number of carbonyl (C=O) groups is 1. The molecule has 0 aliphatic carbocycles. The normalized spacial score (nSPS) is 18.6. The van der Waals surface area contributed by atoms with Crippen LogP contribution in [0.4, 0.5) is 11.8 Å². The van der Waals surface area contributed by atoms with Gasteiger partial charge in [-0.15, -0.1) is 12.4 Å². The second-order valence-electron chi connectivity index (χ2n) is 4.25. The zero-order valence-corrected chi connectivity index (χ0v) is 10.9. The number of ether oxygens (including phenoxy) is 1. The van der Waals surface area contributed by atoms with Crippen molar-refractivity contribution in [2.75, 3.05) is 43.2 Å². The molecule has 0 saturated carbocycles. The van der Waals surface area contributed by atoms with Crippen molar-refractivity contribution in [2.24, 2.45) is 0 Å². The lowest BCUT2D eigenvalue weighted by Gasteiger charge is -2.27. The predicted molar refractivity (Wildman–Crippen MR) is 69.4 cm³/mol. The van der Waals surface area contributed by atoms with Crippen molar-refractivity contribution in [2.45, 2.75) is 6.42 Å². The van der Waals surface area contributed by atoms with Crippen LogP contribution in [0.3, 0.4) is 0 Å². The average Bonchev–Trinajstić information content (AvgIpc) is 2.66. The van der Waals surface area contributed by atoms with E-state index in [1.807, 2.05) is 0 Å². The third-order valence-corrected chi connectivity index (χ3v) is 3.16. The van der Waals surface area contributed by atoms with Crippen LogP contribution in [0.1, 0.15) is 5.56 Å². The van der Waals surface area contributed by atoms with E-state index in [2.05, 4.69) is 14.9 Å². The van der Waals surface area contributed by atoms with Crippen molar-refractivity contribution in [3.63, 3.8) is 0 Å². The zero-order chi connectivity index (χ0) is 11.8. The highest BCUT2D eigenvalue weighted by atomic mass is 35.5. The molecule has 1 aromatic rings. The molecule has 0 N–H and O–H groups in total. The highest BCUT2D eigenvalue weighted by Crippen LogP contribution is 2.26. The summed E-state index contributed by atoms with van der Waals surface area (Å²) in [6, 6.07) is 0. The van der Waals surface area contributed by atoms with Crippen LogP contribution in [-0.2, 0) is 16.0 Å². The van der Waals surface area contributed by atoms with Gasteiger partial charge in [0.15, 0.2) is 0 Å². The quantitative estimate of drug-likeness (QED) is 0.732. The minimum Gasteiger partial charge on any atom is -0.378 e. The van der Waals surface area contributed by atoms with E-state index in [-0.39, 0.29) is 18.3 Å². The molecule has 0 radical (unpaired) electrons. The van der Waals surface area contributed by atoms with Gasteiger partial charge in [-0.2, -0.15) is 4.98 Å². The summed E-state index contributed by atoms with van der Waals surface area (Å²) in [6.45, 7) is 3.01. The van der Waals surface area contributed by atoms with Crippen LogP contribution in [0.2, 0.25) is 0 Å². The molecule has 0 spiro atoms. The lowest BCUT2D eigenvalue weighted by molar-refractivity contribution is -0.117. The molecule has 0 bridgehead atoms. The minimum atomic E-state index is 0. The molecule has 3 rings (SSSR count). The molecule has 1 fully saturated rings. The molecule has 2 aliphatic heterocycles. The van der Waals surface area contributed by atoms with Crippen LogP contribution >= 0.6 is 12.4 Å². The Kier molecular flexibility index (Phi) is 3.68. The number of likely N-dealkylation sites (N-methyl/N-ethyl adjacent to an activating group) is 1. The fraction of sp³-hybridized carbons (Fsp3) is 0.545. The van der Waals surface area contributed by atoms with Crippen LogP contribution < -0.4 is 9.80 Å². The molecular weight excluding hydrogens is 256 g/mol. The Labute approximate surface area is 111 Å². The van der Waals surface area contributed by atoms with E-state index in [0.29, 0.717) is 25.6 Å². The first-order valence-electron chi connectivity index (χ1n) is 5.71. The maximum Gasteiger partial charge on any atom is 0.232 e. The summed E-state index contributed by atoms with van der Waals surface area (Å²) in [6.07, 6.45) is 2.17. The van der Waals surface area contributed by atoms with Crippen LogP contribution in [0.5, 0.6) is 0 Å². The maximum absolute atomic E-state index is 11.5. The van der Waals surface area contributed by atoms with Crippen LogP contribution in [-0.4, -0.2) is 49.2 Å². The molecule has 1 aromatic heterocycles. The Morgan fingerprint density at radius 3 is 2.78 bits per heavy atom. The van der Waals surface area contributed by atoms with Crippen LogP contribution in [0.15, 0.2) is 6.20 Å². The monoisotopic (exact) mass is 270 g/mol. The summed E-state index contributed by atoms with van der Waals surface area (Å²) in [5.74, 6) is 1.51. The highest BCUT2D eigenvalue weighted by molar-refractivity contribution is 5.99. The van der Waals surface area contributed by atoms with Crippen LogP contribution in [0.25, 0.3) is 0 Å². The van der Waals surface area contributed by atoms with Crippen molar-refractivity contribution in [3.8, 4) is 0 Å². The summed E-state index contributed by atoms with van der Waals surface area (Å²) in [7, 11) is 1.75. The Hall–Kier alpha value is -1.40. The van der Waals surface area contributed by atoms with E-state index in [1.165, 1.54) is 0 Å². The van der Waals surface area contributed by atoms with Crippen LogP contribution in [0, 0.1) is 0 Å². The van der Waals surface area contributed by atoms with Crippen molar-refractivity contribution < 1.29 is 9.53 Å². The molecule has 18 heavy (non-hydrogen) atoms. The number of amides is 1. The van der Waals surface area contributed by atoms with Gasteiger partial charge in [-0.25, -0.2) is 4.98 Å². The standard InChI is InChI=1S/C11H14N4O2.ClH/c1-14-9(16)6-8-7-12-11(13-10(8)14)15-2-4-17-5-3-15;/h7H,2-6H2,1H3;1H. The predicted octanol–water partition coefficient (Wildman–Crippen LogP) is 0.254. The number of hydrogen-bond donors (Lipinski definition) is 0. The Bertz CT molecular complexity index is 462. The summed E-state index contributed by atoms with van der Waals surface area (Å²) in [5, 5.41) is 0. The molecule has 2 aliphatic rings. The summed E-state index contributed by atoms with van der Waals surface area (Å²) < 4.78 is 5.29. The molecule has 1 amide bonds. The van der Waals surface area contributed by atoms with Gasteiger partial charge < -0.3 is 9.64 Å². The molecule has 6 nitrogen and oxygen atoms in total. The van der Waals surface area contributed by atoms with Gasteiger partial charge in [-0.3, -0.25) is 9.69 Å². The zero-order valence-electron chi connectivity index (χ0n) is 10.1. The maximum atomic E-state index is 11.5. The summed E-state index contributed by atoms with van der Waals surface area (Å²) >= 11 is 0. The van der Waals surface area contributed by atoms with Gasteiger partial charge >= 0.3 is 0 Å². The first-order chi connectivity index (χ1) is 8.25. The van der Waals surface area contributed by atoms with Gasteiger partial charge in [0.1, 0.15) is 5.82 Å². The first-order valence-corrected chi connectivity index (χ1v) is 5.71. The molecule has 0 aromatic carbocycles. The number of nitrogens with zero attached hydrogens (tertiary/aromatic N) is 4. The summed E-state index contributed by atoms with van der Waals surface area (Å²) in [4.78, 5) is 24.0. The van der Waals surface area contributed by atoms with E-state index in [1.54, 1.807) is 18.1 Å². The number of carbonyl (C=O) groups excluding carboxylic acids is 1. The van der Waals surface area contributed by atoms with Gasteiger partial charge in [0.05, 0.1) is 19.6 Å². The molecule has 7 heteroatoms. The molecule has 0 atom stereocenters. The van der Waals surface area contributed by atoms with E-state index in [0.717, 1.165) is 24.5 Å². The van der Waals surface area contributed by atoms with Gasteiger partial charge in [0.2, 0.25) is 11.9 Å². The number of halogens is 1. The Balaban J connectivity index is 0.00000120. The average molecular weight is 271 g/mol. The Morgan fingerprint density at radius 2 is 2.06 bits per heavy atom. The second kappa shape index (κ2) is 5.07. The van der Waals surface area contributed by atoms with Gasteiger partial charge in [-0.1, -0.05) is 0 Å². The van der Waals surface area contributed by atoms with E-state index < -0.39 is 0 Å². The van der Waals surface area contributed by atoms with Crippen molar-refractivity contribution in [1.29, 1.82) is 0 Å². The number of morpholine rings is 1. The van der Waals surface area contributed by atoms with Crippen molar-refractivity contribution >= 4 is 30.1 Å². The molecular formula is C11H15ClN4O2. The first kappa shape index (κ1) is 13.0. The van der Waals surface area contributed by atoms with E-state index in [4.69, 9.17) is 4.74 Å². The lowest BCUT2D eigenvalue weighted by atomic mass is 10.3. The number of fused-ring (bicyclic) bond motifs is 1. The number of anilines is 2. The second-order valence-corrected chi connectivity index (χ2v) is 4.25. The van der Waals surface area contributed by atoms with E-state index in [9.17, 15) is 4.79 Å². The number of aromatic nitrogens is 2. The fourth-order valence-electron chi connectivity index (χ4n) is 2.12. The number of hydrogen-bond acceptors (Lipinski definition) is 5. The smallest absolute Gasteiger partial charge is 0.232 e. The molecule has 98 valence electrons. The highest BCUT2D eigenvalue weighted by Gasteiger charge is 2.27. The largest absolute Gasteiger partial charge is 0.378 e. The van der Waals surface area contributed by atoms with Gasteiger partial charge in [-0.05, 0) is 0 Å². The SMILES string of the molecule is CN1C(=O)Cc2cnc(N3CCOCC3)nc21.Cl. The third-order valence-electron chi connectivity index (χ3n) is 3.16. The fourth-order valence-corrected chi connectivity index (χ4v) is 2.12. The molecule has 1 saturated heterocycles. The van der Waals surface area contributed by atoms with Gasteiger partial charge in [0, 0.05) is 31.9 Å². The topological polar surface area (TPSA) is 58.6 Å². The molecule has 3 heterocycles. The third kappa shape index (κ3) is 2.13. The minimum absolute atomic E-state index is 0. The van der Waals surface area contributed by atoms with E-state index >= 15 is 0 Å². The number of rotatable bonds is 1. The summed E-state index contributed by atoms with van der Waals surface area (Å²) in [5.41, 5.74) is 0.912. The Morgan fingerprint density at radius 1 is 1.33 bits per heavy atom. The van der Waals surface area contributed by atoms with Gasteiger partial charge in [0.25, 0.3) is 0 Å². The molecule has 0 unspecified atom stereocenters. The van der Waals surface area contributed by atoms with Crippen molar-refractivity contribution in [3.05, 3.63) is 11.8 Å². The lowest BCUT2D eigenvalue weighted by Crippen LogP contribution is -2.37. The van der Waals surface area contributed by atoms with Crippen molar-refractivity contribution in [1.82, 2.24) is 9.97 Å².